The summed E-state index contributed by atoms with van der Waals surface area (Å²) in [4.78, 5) is 0. The number of halogens is 1. The van der Waals surface area contributed by atoms with Crippen LogP contribution in [0.1, 0.15) is 18.1 Å². The molecular formula is C17H20ClNO2. The van der Waals surface area contributed by atoms with E-state index >= 15 is 0 Å². The van der Waals surface area contributed by atoms with Crippen molar-refractivity contribution in [2.24, 2.45) is 0 Å². The summed E-state index contributed by atoms with van der Waals surface area (Å²) in [5, 5.41) is 13.1. The van der Waals surface area contributed by atoms with Crippen molar-refractivity contribution in [3.63, 3.8) is 0 Å². The van der Waals surface area contributed by atoms with Crippen LogP contribution in [-0.2, 0) is 13.0 Å². The molecule has 2 rings (SSSR count). The molecule has 3 nitrogen and oxygen atoms in total. The molecule has 2 N–H and O–H groups in total. The summed E-state index contributed by atoms with van der Waals surface area (Å²) in [6, 6.07) is 13.4. The molecule has 21 heavy (non-hydrogen) atoms. The van der Waals surface area contributed by atoms with E-state index in [1.54, 1.807) is 0 Å². The highest BCUT2D eigenvalue weighted by molar-refractivity contribution is 6.30. The Hall–Kier alpha value is -1.55. The minimum absolute atomic E-state index is 0.102. The Labute approximate surface area is 130 Å². The summed E-state index contributed by atoms with van der Waals surface area (Å²) < 4.78 is 6.04. The molecule has 0 aliphatic heterocycles. The first-order chi connectivity index (χ1) is 10.2. The van der Waals surface area contributed by atoms with Gasteiger partial charge in [0, 0.05) is 23.7 Å². The van der Waals surface area contributed by atoms with E-state index in [0.717, 1.165) is 29.2 Å². The minimum Gasteiger partial charge on any atom is -0.457 e. The summed E-state index contributed by atoms with van der Waals surface area (Å²) in [5.41, 5.74) is 2.01. The molecule has 0 unspecified atom stereocenters. The van der Waals surface area contributed by atoms with Gasteiger partial charge in [-0.25, -0.2) is 0 Å². The SMILES string of the molecule is CCNCc1cc(Cl)ccc1Oc1ccccc1CCO. The standard InChI is InChI=1S/C17H20ClNO2/c1-2-19-12-14-11-15(18)7-8-17(14)21-16-6-4-3-5-13(16)9-10-20/h3-8,11,19-20H,2,9-10,12H2,1H3. The lowest BCUT2D eigenvalue weighted by Crippen LogP contribution is -2.12. The topological polar surface area (TPSA) is 41.5 Å². The Morgan fingerprint density at radius 1 is 1.10 bits per heavy atom. The fraction of sp³-hybridized carbons (Fsp3) is 0.294. The molecule has 0 fully saturated rings. The van der Waals surface area contributed by atoms with Crippen molar-refractivity contribution < 1.29 is 9.84 Å². The monoisotopic (exact) mass is 305 g/mol. The summed E-state index contributed by atoms with van der Waals surface area (Å²) in [7, 11) is 0. The van der Waals surface area contributed by atoms with Crippen molar-refractivity contribution in [1.82, 2.24) is 5.32 Å². The van der Waals surface area contributed by atoms with Crippen molar-refractivity contribution in [1.29, 1.82) is 0 Å². The van der Waals surface area contributed by atoms with Crippen LogP contribution < -0.4 is 10.1 Å². The van der Waals surface area contributed by atoms with Crippen molar-refractivity contribution in [3.05, 3.63) is 58.6 Å². The molecule has 0 heterocycles. The molecule has 2 aromatic carbocycles. The summed E-state index contributed by atoms with van der Waals surface area (Å²) in [6.45, 7) is 3.74. The predicted octanol–water partition coefficient (Wildman–Crippen LogP) is 3.78. The minimum atomic E-state index is 0.102. The fourth-order valence-corrected chi connectivity index (χ4v) is 2.29. The van der Waals surface area contributed by atoms with E-state index in [1.165, 1.54) is 0 Å². The predicted molar refractivity (Wildman–Crippen MR) is 86.1 cm³/mol. The number of hydrogen-bond donors (Lipinski definition) is 2. The van der Waals surface area contributed by atoms with E-state index in [9.17, 15) is 0 Å². The van der Waals surface area contributed by atoms with Crippen LogP contribution in [0.3, 0.4) is 0 Å². The van der Waals surface area contributed by atoms with Gasteiger partial charge in [-0.05, 0) is 42.8 Å². The first kappa shape index (κ1) is 15.8. The third-order valence-electron chi connectivity index (χ3n) is 3.16. The molecule has 0 radical (unpaired) electrons. The third kappa shape index (κ3) is 4.46. The number of rotatable bonds is 7. The van der Waals surface area contributed by atoms with E-state index in [2.05, 4.69) is 12.2 Å². The maximum Gasteiger partial charge on any atom is 0.132 e. The maximum absolute atomic E-state index is 9.13. The first-order valence-electron chi connectivity index (χ1n) is 7.10. The van der Waals surface area contributed by atoms with Gasteiger partial charge < -0.3 is 15.2 Å². The Morgan fingerprint density at radius 3 is 2.62 bits per heavy atom. The van der Waals surface area contributed by atoms with Crippen LogP contribution in [0.25, 0.3) is 0 Å². The molecule has 0 aliphatic carbocycles. The second-order valence-corrected chi connectivity index (χ2v) is 5.15. The Bertz CT molecular complexity index is 587. The summed E-state index contributed by atoms with van der Waals surface area (Å²) in [6.07, 6.45) is 0.576. The number of aliphatic hydroxyl groups excluding tert-OH is 1. The van der Waals surface area contributed by atoms with Crippen LogP contribution in [0.5, 0.6) is 11.5 Å². The quantitative estimate of drug-likeness (QED) is 0.818. The van der Waals surface area contributed by atoms with Crippen LogP contribution in [-0.4, -0.2) is 18.3 Å². The van der Waals surface area contributed by atoms with Gasteiger partial charge in [-0.2, -0.15) is 0 Å². The molecule has 2 aromatic rings. The van der Waals surface area contributed by atoms with Crippen molar-refractivity contribution >= 4 is 11.6 Å². The Balaban J connectivity index is 2.26. The number of benzene rings is 2. The zero-order chi connectivity index (χ0) is 15.1. The lowest BCUT2D eigenvalue weighted by atomic mass is 10.1. The van der Waals surface area contributed by atoms with Gasteiger partial charge in [0.15, 0.2) is 0 Å². The van der Waals surface area contributed by atoms with E-state index < -0.39 is 0 Å². The van der Waals surface area contributed by atoms with Crippen LogP contribution >= 0.6 is 11.6 Å². The highest BCUT2D eigenvalue weighted by atomic mass is 35.5. The average Bonchev–Trinajstić information content (AvgIpc) is 2.49. The van der Waals surface area contributed by atoms with E-state index in [-0.39, 0.29) is 6.61 Å². The van der Waals surface area contributed by atoms with Gasteiger partial charge >= 0.3 is 0 Å². The Kier molecular flexibility index (Phi) is 6.05. The fourth-order valence-electron chi connectivity index (χ4n) is 2.09. The van der Waals surface area contributed by atoms with Gasteiger partial charge in [-0.3, -0.25) is 0 Å². The van der Waals surface area contributed by atoms with Crippen molar-refractivity contribution in [2.45, 2.75) is 19.9 Å². The molecule has 0 saturated heterocycles. The number of para-hydroxylation sites is 1. The van der Waals surface area contributed by atoms with Gasteiger partial charge in [-0.1, -0.05) is 36.7 Å². The van der Waals surface area contributed by atoms with E-state index in [0.29, 0.717) is 18.0 Å². The van der Waals surface area contributed by atoms with Gasteiger partial charge in [-0.15, -0.1) is 0 Å². The molecule has 0 bridgehead atoms. The number of hydrogen-bond acceptors (Lipinski definition) is 3. The lowest BCUT2D eigenvalue weighted by Gasteiger charge is -2.14. The van der Waals surface area contributed by atoms with Crippen LogP contribution in [0, 0.1) is 0 Å². The third-order valence-corrected chi connectivity index (χ3v) is 3.40. The lowest BCUT2D eigenvalue weighted by molar-refractivity contribution is 0.298. The Morgan fingerprint density at radius 2 is 1.86 bits per heavy atom. The highest BCUT2D eigenvalue weighted by Gasteiger charge is 2.08. The highest BCUT2D eigenvalue weighted by Crippen LogP contribution is 2.30. The van der Waals surface area contributed by atoms with Gasteiger partial charge in [0.2, 0.25) is 0 Å². The summed E-state index contributed by atoms with van der Waals surface area (Å²) in [5.74, 6) is 1.55. The normalized spacial score (nSPS) is 10.6. The molecule has 0 amide bonds. The second-order valence-electron chi connectivity index (χ2n) is 4.72. The molecule has 0 spiro atoms. The molecule has 112 valence electrons. The zero-order valence-electron chi connectivity index (χ0n) is 12.1. The first-order valence-corrected chi connectivity index (χ1v) is 7.48. The number of ether oxygens (including phenoxy) is 1. The van der Waals surface area contributed by atoms with Crippen LogP contribution in [0.2, 0.25) is 5.02 Å². The zero-order valence-corrected chi connectivity index (χ0v) is 12.9. The molecule has 0 saturated carbocycles. The smallest absolute Gasteiger partial charge is 0.132 e. The van der Waals surface area contributed by atoms with Crippen LogP contribution in [0.4, 0.5) is 0 Å². The van der Waals surface area contributed by atoms with Gasteiger partial charge in [0.1, 0.15) is 11.5 Å². The summed E-state index contributed by atoms with van der Waals surface area (Å²) >= 11 is 6.06. The van der Waals surface area contributed by atoms with Crippen LogP contribution in [0.15, 0.2) is 42.5 Å². The van der Waals surface area contributed by atoms with E-state index in [1.807, 2.05) is 42.5 Å². The molecule has 0 atom stereocenters. The van der Waals surface area contributed by atoms with Crippen molar-refractivity contribution in [3.8, 4) is 11.5 Å². The largest absolute Gasteiger partial charge is 0.457 e. The molecule has 0 aromatic heterocycles. The van der Waals surface area contributed by atoms with Gasteiger partial charge in [0.05, 0.1) is 0 Å². The molecule has 4 heteroatoms. The number of nitrogens with one attached hydrogen (secondary N) is 1. The number of aliphatic hydroxyl groups is 1. The van der Waals surface area contributed by atoms with Gasteiger partial charge in [0.25, 0.3) is 0 Å². The second kappa shape index (κ2) is 8.03. The van der Waals surface area contributed by atoms with E-state index in [4.69, 9.17) is 21.4 Å². The maximum atomic E-state index is 9.13. The molecule has 0 aliphatic rings. The van der Waals surface area contributed by atoms with Crippen molar-refractivity contribution in [2.75, 3.05) is 13.2 Å². The molecular weight excluding hydrogens is 286 g/mol. The average molecular weight is 306 g/mol.